The summed E-state index contributed by atoms with van der Waals surface area (Å²) in [5.74, 6) is -4.40. The molecule has 3 atom stereocenters. The van der Waals surface area contributed by atoms with E-state index in [4.69, 9.17) is 49.1 Å². The first-order valence-corrected chi connectivity index (χ1v) is 8.48. The molecule has 0 saturated carbocycles. The molecule has 0 heterocycles. The van der Waals surface area contributed by atoms with Crippen LogP contribution < -0.4 is 28.7 Å². The number of guanidine groups is 1. The highest BCUT2D eigenvalue weighted by atomic mass is 16.4. The third-order valence-corrected chi connectivity index (χ3v) is 2.91. The quantitative estimate of drug-likeness (QED) is 0.0943. The summed E-state index contributed by atoms with van der Waals surface area (Å²) in [7, 11) is 0. The zero-order valence-corrected chi connectivity index (χ0v) is 16.2. The van der Waals surface area contributed by atoms with Gasteiger partial charge in [0, 0.05) is 6.54 Å². The van der Waals surface area contributed by atoms with Gasteiger partial charge in [0.25, 0.3) is 0 Å². The molecule has 0 aliphatic carbocycles. The minimum Gasteiger partial charge on any atom is -0.481 e. The topological polar surface area (TPSA) is 292 Å². The van der Waals surface area contributed by atoms with Gasteiger partial charge in [-0.3, -0.25) is 24.2 Å². The molecule has 0 aliphatic heterocycles. The number of aliphatic imine (C=N–C) groups is 1. The second kappa shape index (κ2) is 18.4. The van der Waals surface area contributed by atoms with E-state index in [1.165, 1.54) is 0 Å². The van der Waals surface area contributed by atoms with E-state index in [0.717, 1.165) is 6.42 Å². The summed E-state index contributed by atoms with van der Waals surface area (Å²) in [6, 6.07) is -2.78. The fraction of sp³-hybridized carbons (Fsp3) is 0.667. The number of carboxylic acids is 4. The molecule has 0 rings (SSSR count). The lowest BCUT2D eigenvalue weighted by atomic mass is 10.2. The van der Waals surface area contributed by atoms with Gasteiger partial charge in [-0.15, -0.1) is 0 Å². The number of nitrogens with two attached hydrogens (primary N) is 5. The van der Waals surface area contributed by atoms with Gasteiger partial charge in [0.15, 0.2) is 5.96 Å². The Labute approximate surface area is 167 Å². The number of hydrogen-bond acceptors (Lipinski definition) is 8. The average molecular weight is 424 g/mol. The van der Waals surface area contributed by atoms with E-state index in [2.05, 4.69) is 4.99 Å². The summed E-state index contributed by atoms with van der Waals surface area (Å²) in [6.45, 7) is 2.33. The second-order valence-electron chi connectivity index (χ2n) is 5.67. The molecule has 14 N–H and O–H groups in total. The zero-order valence-electron chi connectivity index (χ0n) is 16.2. The molecule has 0 aliphatic rings. The minimum atomic E-state index is -1.29. The van der Waals surface area contributed by atoms with Gasteiger partial charge in [-0.25, -0.2) is 0 Å². The van der Waals surface area contributed by atoms with Crippen LogP contribution in [0.15, 0.2) is 4.99 Å². The van der Waals surface area contributed by atoms with E-state index in [1.54, 1.807) is 0 Å². The Bertz CT molecular complexity index is 539. The molecular weight excluding hydrogens is 392 g/mol. The lowest BCUT2D eigenvalue weighted by molar-refractivity contribution is -0.144. The number of rotatable bonds is 11. The van der Waals surface area contributed by atoms with Crippen LogP contribution in [0.4, 0.5) is 0 Å². The maximum absolute atomic E-state index is 10.2. The Kier molecular flexibility index (Phi) is 19.5. The number of aliphatic carboxylic acids is 4. The first kappa shape index (κ1) is 30.7. The van der Waals surface area contributed by atoms with Crippen molar-refractivity contribution in [3.05, 3.63) is 0 Å². The molecule has 14 nitrogen and oxygen atoms in total. The molecule has 0 fully saturated rings. The molecule has 0 aromatic carbocycles. The van der Waals surface area contributed by atoms with Gasteiger partial charge in [-0.05, 0) is 19.3 Å². The molecule has 170 valence electrons. The van der Waals surface area contributed by atoms with Crippen LogP contribution in [0.25, 0.3) is 0 Å². The van der Waals surface area contributed by atoms with Crippen molar-refractivity contribution in [3.63, 3.8) is 0 Å². The first-order chi connectivity index (χ1) is 13.3. The molecule has 0 radical (unpaired) electrons. The van der Waals surface area contributed by atoms with Gasteiger partial charge in [0.2, 0.25) is 0 Å². The molecule has 0 spiro atoms. The van der Waals surface area contributed by atoms with Gasteiger partial charge in [0.05, 0.1) is 6.42 Å². The fourth-order valence-electron chi connectivity index (χ4n) is 1.35. The summed E-state index contributed by atoms with van der Waals surface area (Å²) in [6.07, 6.45) is 1.82. The second-order valence-corrected chi connectivity index (χ2v) is 5.67. The number of carboxylic acid groups (broad SMARTS) is 4. The fourth-order valence-corrected chi connectivity index (χ4v) is 1.35. The Morgan fingerprint density at radius 1 is 0.793 bits per heavy atom. The Balaban J connectivity index is -0.000000359. The van der Waals surface area contributed by atoms with E-state index in [9.17, 15) is 19.2 Å². The van der Waals surface area contributed by atoms with E-state index < -0.39 is 48.4 Å². The highest BCUT2D eigenvalue weighted by molar-refractivity contribution is 5.80. The van der Waals surface area contributed by atoms with Crippen LogP contribution >= 0.6 is 0 Å². The standard InChI is InChI=1S/C6H14N4O2.C5H11NO2.C4H7NO4/c7-4(5(11)12)2-1-3-10-6(8)9;1-2-3-4(6)5(7)8;5-2(4(8)9)1-3(6)7/h4H,1-3,7H2,(H,11,12)(H4,8,9,10);4H,2-3,6H2,1H3,(H,7,8);2H,1,5H2,(H,6,7)(H,8,9)/t2*4-;2-/m000/s1. The maximum atomic E-state index is 10.2. The summed E-state index contributed by atoms with van der Waals surface area (Å²) < 4.78 is 0. The SMILES string of the molecule is CCC[C@H](N)C(=O)O.NC(N)=NCCC[C@H](N)C(=O)O.N[C@@H](CC(=O)O)C(=O)O. The lowest BCUT2D eigenvalue weighted by Crippen LogP contribution is -2.32. The van der Waals surface area contributed by atoms with Gasteiger partial charge in [-0.2, -0.15) is 0 Å². The van der Waals surface area contributed by atoms with E-state index in [0.29, 0.717) is 25.8 Å². The van der Waals surface area contributed by atoms with Crippen LogP contribution in [0.1, 0.15) is 39.0 Å². The molecule has 0 amide bonds. The molecular formula is C15H32N6O8. The zero-order chi connectivity index (χ0) is 23.6. The Morgan fingerprint density at radius 2 is 1.21 bits per heavy atom. The Morgan fingerprint density at radius 3 is 1.45 bits per heavy atom. The number of nitrogens with zero attached hydrogens (tertiary/aromatic N) is 1. The normalized spacial score (nSPS) is 12.6. The highest BCUT2D eigenvalue weighted by Gasteiger charge is 2.14. The van der Waals surface area contributed by atoms with Crippen LogP contribution in [0.5, 0.6) is 0 Å². The minimum absolute atomic E-state index is 0.0129. The van der Waals surface area contributed by atoms with Crippen molar-refractivity contribution in [1.82, 2.24) is 0 Å². The van der Waals surface area contributed by atoms with Crippen LogP contribution in [-0.2, 0) is 19.2 Å². The van der Waals surface area contributed by atoms with Crippen molar-refractivity contribution < 1.29 is 39.6 Å². The highest BCUT2D eigenvalue weighted by Crippen LogP contribution is 1.94. The van der Waals surface area contributed by atoms with Gasteiger partial charge in [0.1, 0.15) is 18.1 Å². The maximum Gasteiger partial charge on any atom is 0.321 e. The molecule has 0 aromatic heterocycles. The molecule has 0 bridgehead atoms. The van der Waals surface area contributed by atoms with Crippen molar-refractivity contribution >= 4 is 29.8 Å². The van der Waals surface area contributed by atoms with Gasteiger partial charge >= 0.3 is 23.9 Å². The van der Waals surface area contributed by atoms with Crippen LogP contribution in [0.2, 0.25) is 0 Å². The predicted molar refractivity (Wildman–Crippen MR) is 104 cm³/mol. The van der Waals surface area contributed by atoms with E-state index >= 15 is 0 Å². The van der Waals surface area contributed by atoms with Crippen molar-refractivity contribution in [3.8, 4) is 0 Å². The third-order valence-electron chi connectivity index (χ3n) is 2.91. The molecule has 0 unspecified atom stereocenters. The van der Waals surface area contributed by atoms with Crippen LogP contribution in [0.3, 0.4) is 0 Å². The predicted octanol–water partition coefficient (Wildman–Crippen LogP) is -2.48. The summed E-state index contributed by atoms with van der Waals surface area (Å²) >= 11 is 0. The average Bonchev–Trinajstić information content (AvgIpc) is 2.58. The molecule has 29 heavy (non-hydrogen) atoms. The molecule has 14 heteroatoms. The number of carbonyl (C=O) groups is 4. The smallest absolute Gasteiger partial charge is 0.321 e. The van der Waals surface area contributed by atoms with E-state index in [-0.39, 0.29) is 5.96 Å². The lowest BCUT2D eigenvalue weighted by Gasteiger charge is -2.03. The van der Waals surface area contributed by atoms with Crippen LogP contribution in [-0.4, -0.2) is 74.9 Å². The van der Waals surface area contributed by atoms with Crippen molar-refractivity contribution in [1.29, 1.82) is 0 Å². The number of hydrogen-bond donors (Lipinski definition) is 9. The van der Waals surface area contributed by atoms with Gasteiger partial charge in [-0.1, -0.05) is 13.3 Å². The van der Waals surface area contributed by atoms with Crippen molar-refractivity contribution in [2.24, 2.45) is 33.7 Å². The summed E-state index contributed by atoms with van der Waals surface area (Å²) in [4.78, 5) is 43.5. The van der Waals surface area contributed by atoms with E-state index in [1.807, 2.05) is 6.92 Å². The molecule has 0 saturated heterocycles. The van der Waals surface area contributed by atoms with Crippen molar-refractivity contribution in [2.75, 3.05) is 6.54 Å². The first-order valence-electron chi connectivity index (χ1n) is 8.48. The van der Waals surface area contributed by atoms with Gasteiger partial charge < -0.3 is 49.1 Å². The third kappa shape index (κ3) is 25.0. The summed E-state index contributed by atoms with van der Waals surface area (Å²) in [5.41, 5.74) is 25.3. The van der Waals surface area contributed by atoms with Crippen LogP contribution in [0, 0.1) is 0 Å². The largest absolute Gasteiger partial charge is 0.481 e. The Hall–Kier alpha value is -2.97. The molecule has 0 aromatic rings. The summed E-state index contributed by atoms with van der Waals surface area (Å²) in [5, 5.41) is 32.6. The van der Waals surface area contributed by atoms with Crippen molar-refractivity contribution in [2.45, 2.75) is 57.2 Å². The monoisotopic (exact) mass is 424 g/mol.